The number of halogens is 1. The van der Waals surface area contributed by atoms with Crippen molar-refractivity contribution in [2.45, 2.75) is 32.2 Å². The highest BCUT2D eigenvalue weighted by Crippen LogP contribution is 2.29. The van der Waals surface area contributed by atoms with Crippen molar-refractivity contribution in [1.29, 1.82) is 0 Å². The fourth-order valence-corrected chi connectivity index (χ4v) is 4.27. The van der Waals surface area contributed by atoms with Gasteiger partial charge in [0, 0.05) is 37.3 Å². The largest absolute Gasteiger partial charge is 0.336 e. The Morgan fingerprint density at radius 2 is 1.58 bits per heavy atom. The first kappa shape index (κ1) is 23.1. The van der Waals surface area contributed by atoms with E-state index < -0.39 is 5.54 Å². The maximum absolute atomic E-state index is 13.6. The third-order valence-electron chi connectivity index (χ3n) is 6.42. The molecule has 0 spiro atoms. The van der Waals surface area contributed by atoms with Crippen molar-refractivity contribution in [3.63, 3.8) is 0 Å². The van der Waals surface area contributed by atoms with E-state index in [-0.39, 0.29) is 17.5 Å². The van der Waals surface area contributed by atoms with Gasteiger partial charge in [-0.2, -0.15) is 0 Å². The van der Waals surface area contributed by atoms with E-state index in [4.69, 9.17) is 0 Å². The van der Waals surface area contributed by atoms with E-state index >= 15 is 0 Å². The molecule has 1 atom stereocenters. The minimum Gasteiger partial charge on any atom is -0.336 e. The number of amides is 1. The summed E-state index contributed by atoms with van der Waals surface area (Å²) in [6.45, 7) is 7.81. The van der Waals surface area contributed by atoms with Gasteiger partial charge in [0.2, 0.25) is 0 Å². The molecule has 0 saturated carbocycles. The molecule has 0 bridgehead atoms. The maximum Gasteiger partial charge on any atom is 0.253 e. The Hall–Kier alpha value is -2.57. The molecular formula is C25H32FN3O2. The molecule has 3 rings (SSSR count). The number of Topliss-reactive ketones (excluding diaryl/α,β-unsaturated/α-hetero) is 1. The zero-order valence-corrected chi connectivity index (χ0v) is 18.7. The topological polar surface area (TPSA) is 52.7 Å². The van der Waals surface area contributed by atoms with Gasteiger partial charge >= 0.3 is 0 Å². The molecule has 5 nitrogen and oxygen atoms in total. The Bertz CT molecular complexity index is 892. The standard InChI is InChI=1S/C25H32FN3O2/c1-4-25(28(3)5-2,23(30)20-10-12-22(26)13-11-20)18-19-6-8-21(9-7-19)24(31)29-16-14-27-15-17-29/h6-13,27H,4-5,14-18H2,1-3H3. The molecular weight excluding hydrogens is 393 g/mol. The molecule has 0 aromatic heterocycles. The highest BCUT2D eigenvalue weighted by molar-refractivity contribution is 6.03. The number of rotatable bonds is 8. The van der Waals surface area contributed by atoms with Gasteiger partial charge in [-0.1, -0.05) is 26.0 Å². The monoisotopic (exact) mass is 425 g/mol. The predicted molar refractivity (Wildman–Crippen MR) is 121 cm³/mol. The van der Waals surface area contributed by atoms with Gasteiger partial charge in [-0.15, -0.1) is 0 Å². The van der Waals surface area contributed by atoms with Crippen LogP contribution < -0.4 is 5.32 Å². The zero-order valence-electron chi connectivity index (χ0n) is 18.7. The number of hydrogen-bond acceptors (Lipinski definition) is 4. The minimum absolute atomic E-state index is 0.0136. The molecule has 166 valence electrons. The van der Waals surface area contributed by atoms with Crippen LogP contribution >= 0.6 is 0 Å². The minimum atomic E-state index is -0.739. The summed E-state index contributed by atoms with van der Waals surface area (Å²) in [5, 5.41) is 3.25. The molecule has 0 radical (unpaired) electrons. The second-order valence-corrected chi connectivity index (χ2v) is 8.15. The van der Waals surface area contributed by atoms with Crippen molar-refractivity contribution < 1.29 is 14.0 Å². The lowest BCUT2D eigenvalue weighted by atomic mass is 9.79. The van der Waals surface area contributed by atoms with Crippen molar-refractivity contribution >= 4 is 11.7 Å². The van der Waals surface area contributed by atoms with Crippen LogP contribution in [0.25, 0.3) is 0 Å². The molecule has 2 aromatic rings. The number of benzene rings is 2. The van der Waals surface area contributed by atoms with Gasteiger partial charge in [-0.3, -0.25) is 14.5 Å². The highest BCUT2D eigenvalue weighted by atomic mass is 19.1. The van der Waals surface area contributed by atoms with Crippen molar-refractivity contribution in [2.75, 3.05) is 39.8 Å². The van der Waals surface area contributed by atoms with Crippen LogP contribution in [0.1, 0.15) is 46.5 Å². The van der Waals surface area contributed by atoms with Crippen LogP contribution in [0.3, 0.4) is 0 Å². The first-order chi connectivity index (χ1) is 14.9. The molecule has 1 amide bonds. The van der Waals surface area contributed by atoms with Gasteiger partial charge < -0.3 is 10.2 Å². The molecule has 1 heterocycles. The van der Waals surface area contributed by atoms with Crippen molar-refractivity contribution in [1.82, 2.24) is 15.1 Å². The number of carbonyl (C=O) groups excluding carboxylic acids is 2. The fraction of sp³-hybridized carbons (Fsp3) is 0.440. The average Bonchev–Trinajstić information content (AvgIpc) is 2.82. The first-order valence-corrected chi connectivity index (χ1v) is 11.0. The van der Waals surface area contributed by atoms with E-state index in [1.54, 1.807) is 12.1 Å². The lowest BCUT2D eigenvalue weighted by molar-refractivity contribution is 0.0614. The molecule has 1 fully saturated rings. The Labute approximate surface area is 184 Å². The summed E-state index contributed by atoms with van der Waals surface area (Å²) < 4.78 is 13.4. The van der Waals surface area contributed by atoms with E-state index in [0.717, 1.165) is 18.7 Å². The Morgan fingerprint density at radius 1 is 1.00 bits per heavy atom. The molecule has 0 aliphatic carbocycles. The third-order valence-corrected chi connectivity index (χ3v) is 6.42. The van der Waals surface area contributed by atoms with Gasteiger partial charge in [0.05, 0.1) is 5.54 Å². The first-order valence-electron chi connectivity index (χ1n) is 11.0. The van der Waals surface area contributed by atoms with Crippen LogP contribution in [-0.2, 0) is 6.42 Å². The smallest absolute Gasteiger partial charge is 0.253 e. The van der Waals surface area contributed by atoms with Crippen molar-refractivity contribution in [3.8, 4) is 0 Å². The molecule has 1 unspecified atom stereocenters. The van der Waals surface area contributed by atoms with Crippen LogP contribution in [0.2, 0.25) is 0 Å². The predicted octanol–water partition coefficient (Wildman–Crippen LogP) is 3.40. The van der Waals surface area contributed by atoms with E-state index in [1.807, 2.05) is 50.1 Å². The second kappa shape index (κ2) is 10.2. The number of hydrogen-bond donors (Lipinski definition) is 1. The Morgan fingerprint density at radius 3 is 2.13 bits per heavy atom. The summed E-state index contributed by atoms with van der Waals surface area (Å²) in [5.74, 6) is -0.324. The number of nitrogens with one attached hydrogen (secondary N) is 1. The van der Waals surface area contributed by atoms with E-state index in [2.05, 4.69) is 10.2 Å². The van der Waals surface area contributed by atoms with Crippen LogP contribution in [0, 0.1) is 5.82 Å². The van der Waals surface area contributed by atoms with E-state index in [1.165, 1.54) is 12.1 Å². The summed E-state index contributed by atoms with van der Waals surface area (Å²) >= 11 is 0. The van der Waals surface area contributed by atoms with Crippen LogP contribution in [-0.4, -0.2) is 66.8 Å². The molecule has 1 aliphatic rings. The molecule has 1 N–H and O–H groups in total. The normalized spacial score (nSPS) is 16.2. The summed E-state index contributed by atoms with van der Waals surface area (Å²) in [5.41, 5.74) is 1.43. The summed E-state index contributed by atoms with van der Waals surface area (Å²) in [6, 6.07) is 13.4. The fourth-order valence-electron chi connectivity index (χ4n) is 4.27. The lowest BCUT2D eigenvalue weighted by Gasteiger charge is -2.40. The van der Waals surface area contributed by atoms with Gasteiger partial charge in [0.25, 0.3) is 5.91 Å². The van der Waals surface area contributed by atoms with Crippen LogP contribution in [0.5, 0.6) is 0 Å². The van der Waals surface area contributed by atoms with E-state index in [9.17, 15) is 14.0 Å². The van der Waals surface area contributed by atoms with Crippen LogP contribution in [0.15, 0.2) is 48.5 Å². The number of nitrogens with zero attached hydrogens (tertiary/aromatic N) is 2. The van der Waals surface area contributed by atoms with Gasteiger partial charge in [-0.05, 0) is 68.4 Å². The van der Waals surface area contributed by atoms with Gasteiger partial charge in [0.1, 0.15) is 5.82 Å². The zero-order chi connectivity index (χ0) is 22.4. The average molecular weight is 426 g/mol. The van der Waals surface area contributed by atoms with Gasteiger partial charge in [0.15, 0.2) is 5.78 Å². The quantitative estimate of drug-likeness (QED) is 0.659. The SMILES string of the molecule is CCN(C)C(CC)(Cc1ccc(C(=O)N2CCNCC2)cc1)C(=O)c1ccc(F)cc1. The van der Waals surface area contributed by atoms with Crippen molar-refractivity contribution in [3.05, 3.63) is 71.0 Å². The van der Waals surface area contributed by atoms with Crippen molar-refractivity contribution in [2.24, 2.45) is 0 Å². The number of likely N-dealkylation sites (N-methyl/N-ethyl adjacent to an activating group) is 1. The highest BCUT2D eigenvalue weighted by Gasteiger charge is 2.40. The lowest BCUT2D eigenvalue weighted by Crippen LogP contribution is -2.54. The Kier molecular flexibility index (Phi) is 7.57. The van der Waals surface area contributed by atoms with Gasteiger partial charge in [-0.25, -0.2) is 4.39 Å². The second-order valence-electron chi connectivity index (χ2n) is 8.15. The third kappa shape index (κ3) is 5.02. The number of ketones is 1. The summed E-state index contributed by atoms with van der Waals surface area (Å²) in [6.07, 6.45) is 1.14. The maximum atomic E-state index is 13.6. The Balaban J connectivity index is 1.84. The summed E-state index contributed by atoms with van der Waals surface area (Å²) in [4.78, 5) is 30.2. The molecule has 6 heteroatoms. The molecule has 2 aromatic carbocycles. The summed E-state index contributed by atoms with van der Waals surface area (Å²) in [7, 11) is 1.95. The number of carbonyl (C=O) groups is 2. The molecule has 1 saturated heterocycles. The van der Waals surface area contributed by atoms with E-state index in [0.29, 0.717) is 43.6 Å². The number of piperazine rings is 1. The molecule has 1 aliphatic heterocycles. The molecule has 31 heavy (non-hydrogen) atoms. The van der Waals surface area contributed by atoms with Crippen LogP contribution in [0.4, 0.5) is 4.39 Å².